The van der Waals surface area contributed by atoms with Gasteiger partial charge in [0.25, 0.3) is 12.3 Å². The molecule has 22 heavy (non-hydrogen) atoms. The first-order chi connectivity index (χ1) is 10.0. The summed E-state index contributed by atoms with van der Waals surface area (Å²) in [5, 5.41) is 21.3. The average molecular weight is 317 g/mol. The van der Waals surface area contributed by atoms with Crippen LogP contribution in [0.15, 0.2) is 0 Å². The van der Waals surface area contributed by atoms with Crippen molar-refractivity contribution in [1.82, 2.24) is 0 Å². The number of carboxylic acids is 1. The Hall–Kier alpha value is -2.16. The van der Waals surface area contributed by atoms with Gasteiger partial charge < -0.3 is 24.5 Å². The van der Waals surface area contributed by atoms with Crippen LogP contribution in [0.25, 0.3) is 0 Å². The van der Waals surface area contributed by atoms with Gasteiger partial charge in [-0.3, -0.25) is 9.59 Å². The number of carboxylic acid groups (broad SMARTS) is 2. The Morgan fingerprint density at radius 1 is 1.23 bits per heavy atom. The van der Waals surface area contributed by atoms with Crippen LogP contribution in [0.4, 0.5) is 4.79 Å². The van der Waals surface area contributed by atoms with Crippen LogP contribution < -0.4 is 5.11 Å². The van der Waals surface area contributed by atoms with E-state index in [-0.39, 0.29) is 13.0 Å². The van der Waals surface area contributed by atoms with Gasteiger partial charge in [0.1, 0.15) is 0 Å². The largest absolute Gasteiger partial charge is 0.498 e. The lowest BCUT2D eigenvalue weighted by atomic mass is 9.96. The second kappa shape index (κ2) is 5.91. The molecule has 1 rings (SSSR count). The van der Waals surface area contributed by atoms with Gasteiger partial charge in [-0.2, -0.15) is 0 Å². The Balaban J connectivity index is 3.50. The molecular weight excluding hydrogens is 298 g/mol. The van der Waals surface area contributed by atoms with Crippen LogP contribution in [0.3, 0.4) is 0 Å². The number of likely N-dealkylation sites (N-methyl/N-ethyl adjacent to an activating group) is 1. The maximum Gasteiger partial charge on any atom is 0.366 e. The highest BCUT2D eigenvalue weighted by Gasteiger charge is 2.70. The predicted octanol–water partition coefficient (Wildman–Crippen LogP) is -0.766. The molecule has 1 aliphatic rings. The summed E-state index contributed by atoms with van der Waals surface area (Å²) in [5.74, 6) is -2.95. The van der Waals surface area contributed by atoms with Gasteiger partial charge in [0, 0.05) is 20.8 Å². The highest BCUT2D eigenvalue weighted by Crippen LogP contribution is 2.44. The van der Waals surface area contributed by atoms with Gasteiger partial charge in [-0.25, -0.2) is 9.28 Å². The van der Waals surface area contributed by atoms with Crippen molar-refractivity contribution < 1.29 is 43.3 Å². The second-order valence-electron chi connectivity index (χ2n) is 5.38. The number of hydrogen-bond acceptors (Lipinski definition) is 7. The number of rotatable bonds is 4. The topological polar surface area (TPSA) is 130 Å². The summed E-state index contributed by atoms with van der Waals surface area (Å²) in [5.41, 5.74) is -1.87. The van der Waals surface area contributed by atoms with E-state index < -0.39 is 46.4 Å². The van der Waals surface area contributed by atoms with Gasteiger partial charge in [-0.05, 0) is 6.92 Å². The Bertz CT molecular complexity index is 518. The van der Waals surface area contributed by atoms with E-state index in [2.05, 4.69) is 0 Å². The minimum absolute atomic E-state index is 0.221. The minimum Gasteiger partial charge on any atom is -0.498 e. The maximum absolute atomic E-state index is 11.8. The molecule has 124 valence electrons. The van der Waals surface area contributed by atoms with Crippen LogP contribution >= 0.6 is 0 Å². The van der Waals surface area contributed by atoms with Crippen LogP contribution in [-0.4, -0.2) is 58.0 Å². The molecule has 9 heteroatoms. The first-order valence-electron chi connectivity index (χ1n) is 6.70. The first kappa shape index (κ1) is 17.9. The zero-order valence-corrected chi connectivity index (χ0v) is 12.8. The molecule has 0 radical (unpaired) electrons. The molecule has 0 aromatic heterocycles. The van der Waals surface area contributed by atoms with Crippen LogP contribution in [0.2, 0.25) is 0 Å². The van der Waals surface area contributed by atoms with Crippen molar-refractivity contribution in [3.8, 4) is 0 Å². The number of esters is 2. The number of aliphatic carboxylic acids is 1. The third kappa shape index (κ3) is 2.52. The Morgan fingerprint density at radius 2 is 1.73 bits per heavy atom. The summed E-state index contributed by atoms with van der Waals surface area (Å²) in [6.45, 7) is 4.57. The molecule has 1 amide bonds. The second-order valence-corrected chi connectivity index (χ2v) is 5.38. The molecule has 4 atom stereocenters. The molecule has 1 fully saturated rings. The summed E-state index contributed by atoms with van der Waals surface area (Å²) in [7, 11) is 0. The molecule has 1 heterocycles. The average Bonchev–Trinajstić information content (AvgIpc) is 2.59. The standard InChI is InChI=1S/C13H19NO8/c1-5-14(12(19)20)10(22-8(3)16)9(21-7(2)15)6-13(14,4)11(17)18/h9-10H,5-6H2,1-4H3,(H-,17,18,19,20)/t9-,10-,13+,14?/m1/s1. The van der Waals surface area contributed by atoms with Gasteiger partial charge >= 0.3 is 17.9 Å². The Kier molecular flexibility index (Phi) is 4.81. The molecule has 0 saturated carbocycles. The third-order valence-electron chi connectivity index (χ3n) is 4.12. The van der Waals surface area contributed by atoms with E-state index in [4.69, 9.17) is 9.47 Å². The van der Waals surface area contributed by atoms with E-state index >= 15 is 0 Å². The number of carbonyl (C=O) groups is 4. The normalized spacial score (nSPS) is 34.0. The van der Waals surface area contributed by atoms with Crippen LogP contribution in [0, 0.1) is 0 Å². The first-order valence-corrected chi connectivity index (χ1v) is 6.70. The van der Waals surface area contributed by atoms with Gasteiger partial charge in [0.05, 0.1) is 13.0 Å². The summed E-state index contributed by atoms with van der Waals surface area (Å²) < 4.78 is 8.83. The van der Waals surface area contributed by atoms with Crippen LogP contribution in [0.1, 0.15) is 34.1 Å². The fourth-order valence-corrected chi connectivity index (χ4v) is 3.09. The van der Waals surface area contributed by atoms with Crippen molar-refractivity contribution in [2.45, 2.75) is 52.0 Å². The molecule has 0 spiro atoms. The lowest BCUT2D eigenvalue weighted by Gasteiger charge is -2.45. The molecule has 1 aliphatic heterocycles. The number of likely N-dealkylation sites (tertiary alicyclic amines) is 1. The zero-order chi connectivity index (χ0) is 17.3. The molecule has 0 aromatic rings. The summed E-state index contributed by atoms with van der Waals surface area (Å²) >= 11 is 0. The predicted molar refractivity (Wildman–Crippen MR) is 68.0 cm³/mol. The molecule has 1 unspecified atom stereocenters. The van der Waals surface area contributed by atoms with Gasteiger partial charge in [0.2, 0.25) is 5.54 Å². The lowest BCUT2D eigenvalue weighted by Crippen LogP contribution is -2.73. The summed E-state index contributed by atoms with van der Waals surface area (Å²) in [4.78, 5) is 45.9. The third-order valence-corrected chi connectivity index (χ3v) is 4.12. The number of amides is 1. The van der Waals surface area contributed by atoms with E-state index in [0.717, 1.165) is 13.8 Å². The van der Waals surface area contributed by atoms with E-state index in [0.29, 0.717) is 0 Å². The van der Waals surface area contributed by atoms with E-state index in [1.165, 1.54) is 13.8 Å². The number of quaternary nitrogens is 1. The summed E-state index contributed by atoms with van der Waals surface area (Å²) in [6.07, 6.45) is -4.71. The van der Waals surface area contributed by atoms with Gasteiger partial charge in [-0.15, -0.1) is 0 Å². The fourth-order valence-electron chi connectivity index (χ4n) is 3.09. The number of ether oxygens (including phenoxy) is 2. The van der Waals surface area contributed by atoms with Gasteiger partial charge in [-0.1, -0.05) is 0 Å². The van der Waals surface area contributed by atoms with Crippen LogP contribution in [0.5, 0.6) is 0 Å². The van der Waals surface area contributed by atoms with Crippen molar-refractivity contribution in [3.05, 3.63) is 0 Å². The van der Waals surface area contributed by atoms with Crippen LogP contribution in [-0.2, 0) is 23.9 Å². The molecule has 0 aromatic carbocycles. The van der Waals surface area contributed by atoms with E-state index in [1.54, 1.807) is 0 Å². The van der Waals surface area contributed by atoms with Crippen molar-refractivity contribution >= 4 is 24.0 Å². The van der Waals surface area contributed by atoms with Crippen molar-refractivity contribution in [2.75, 3.05) is 6.54 Å². The molecule has 9 nitrogen and oxygen atoms in total. The minimum atomic E-state index is -1.87. The van der Waals surface area contributed by atoms with Crippen molar-refractivity contribution in [2.24, 2.45) is 0 Å². The lowest BCUT2D eigenvalue weighted by molar-refractivity contribution is -0.940. The highest BCUT2D eigenvalue weighted by atomic mass is 16.6. The molecule has 0 bridgehead atoms. The van der Waals surface area contributed by atoms with E-state index in [9.17, 15) is 29.4 Å². The zero-order valence-electron chi connectivity index (χ0n) is 12.8. The molecular formula is C13H19NO8. The highest BCUT2D eigenvalue weighted by molar-refractivity contribution is 5.80. The van der Waals surface area contributed by atoms with Crippen molar-refractivity contribution in [3.63, 3.8) is 0 Å². The Labute approximate surface area is 127 Å². The smallest absolute Gasteiger partial charge is 0.366 e. The fraction of sp³-hybridized carbons (Fsp3) is 0.692. The van der Waals surface area contributed by atoms with Crippen molar-refractivity contribution in [1.29, 1.82) is 0 Å². The number of hydrogen-bond donors (Lipinski definition) is 1. The Morgan fingerprint density at radius 3 is 2.05 bits per heavy atom. The molecule has 1 saturated heterocycles. The SMILES string of the molecule is CC[N+]1(C(=O)[O-])[C@H](OC(C)=O)[C@H](OC(C)=O)C[C@@]1(C)C(=O)O. The molecule has 0 aliphatic carbocycles. The quantitative estimate of drug-likeness (QED) is 0.528. The number of nitrogens with zero attached hydrogens (tertiary/aromatic N) is 1. The number of carbonyl (C=O) groups excluding carboxylic acids is 3. The monoisotopic (exact) mass is 317 g/mol. The van der Waals surface area contributed by atoms with Gasteiger partial charge in [0.15, 0.2) is 6.10 Å². The molecule has 1 N–H and O–H groups in total. The summed E-state index contributed by atoms with van der Waals surface area (Å²) in [6, 6.07) is 0. The van der Waals surface area contributed by atoms with E-state index in [1.807, 2.05) is 0 Å². The maximum atomic E-state index is 11.8.